The van der Waals surface area contributed by atoms with Crippen LogP contribution >= 0.6 is 0 Å². The minimum atomic E-state index is -2.87. The van der Waals surface area contributed by atoms with Gasteiger partial charge < -0.3 is 15.0 Å². The zero-order valence-electron chi connectivity index (χ0n) is 26.0. The van der Waals surface area contributed by atoms with Crippen molar-refractivity contribution in [3.8, 4) is 0 Å². The number of rotatable bonds is 8. The molecule has 3 aromatic heterocycles. The Morgan fingerprint density at radius 2 is 1.90 bits per heavy atom. The number of anilines is 3. The van der Waals surface area contributed by atoms with E-state index >= 15 is 0 Å². The fourth-order valence-corrected chi connectivity index (χ4v) is 7.09. The van der Waals surface area contributed by atoms with Gasteiger partial charge in [0.15, 0.2) is 11.3 Å². The summed E-state index contributed by atoms with van der Waals surface area (Å²) < 4.78 is 37.0. The highest BCUT2D eigenvalue weighted by Crippen LogP contribution is 2.33. The molecule has 250 valence electrons. The standard InChI is InChI=1S/C32H34F2N10O4/c33-29(34)28-25(36-31(46)24-14-35-43-12-7-26(37-30(24)43)42-16-23-13-22(42)18-48-23)17-44(39-28)21-5-9-40(10-6-21)15-19-1-3-20(4-2-19)41-11-8-27(45)38-32(41)47/h1-4,7,12,14,17,21-23,29H,5-6,8-11,13,15-16,18H2,(H,36,46)(H,38,45,47)/t22-,23-/m1/s1. The van der Waals surface area contributed by atoms with Gasteiger partial charge >= 0.3 is 6.03 Å². The van der Waals surface area contributed by atoms with Crippen molar-refractivity contribution in [2.75, 3.05) is 47.9 Å². The van der Waals surface area contributed by atoms with Crippen molar-refractivity contribution in [1.29, 1.82) is 0 Å². The first-order valence-electron chi connectivity index (χ1n) is 16.1. The summed E-state index contributed by atoms with van der Waals surface area (Å²) in [5, 5.41) is 13.4. The minimum Gasteiger partial charge on any atom is -0.374 e. The van der Waals surface area contributed by atoms with E-state index in [0.717, 1.165) is 43.1 Å². The van der Waals surface area contributed by atoms with E-state index in [1.807, 2.05) is 30.3 Å². The average Bonchev–Trinajstić information content (AvgIpc) is 3.89. The van der Waals surface area contributed by atoms with Crippen LogP contribution in [0.2, 0.25) is 0 Å². The number of hydrogen-bond donors (Lipinski definition) is 2. The van der Waals surface area contributed by atoms with E-state index in [1.165, 1.54) is 16.9 Å². The third kappa shape index (κ3) is 5.74. The molecular formula is C32H34F2N10O4. The minimum absolute atomic E-state index is 0.0335. The number of nitrogens with one attached hydrogen (secondary N) is 2. The number of ether oxygens (including phenoxy) is 1. The molecule has 8 rings (SSSR count). The SMILES string of the molecule is O=C1CCN(c2ccc(CN3CCC(n4cc(NC(=O)c5cnn6ccc(N7C[C@H]8C[C@@H]7CO8)nc56)c(C(F)F)n4)CC3)cc2)C(=O)N1. The van der Waals surface area contributed by atoms with E-state index in [0.29, 0.717) is 38.2 Å². The van der Waals surface area contributed by atoms with Gasteiger partial charge in [-0.15, -0.1) is 0 Å². The lowest BCUT2D eigenvalue weighted by molar-refractivity contribution is -0.120. The molecule has 0 radical (unpaired) electrons. The highest BCUT2D eigenvalue weighted by molar-refractivity contribution is 6.08. The number of likely N-dealkylation sites (tertiary alicyclic amines) is 1. The number of alkyl halides is 2. The lowest BCUT2D eigenvalue weighted by Crippen LogP contribution is -2.49. The van der Waals surface area contributed by atoms with Gasteiger partial charge in [-0.3, -0.25) is 29.4 Å². The quantitative estimate of drug-likeness (QED) is 0.291. The Morgan fingerprint density at radius 1 is 1.08 bits per heavy atom. The molecular weight excluding hydrogens is 626 g/mol. The van der Waals surface area contributed by atoms with E-state index in [-0.39, 0.29) is 41.8 Å². The van der Waals surface area contributed by atoms with Crippen molar-refractivity contribution in [3.05, 3.63) is 65.7 Å². The largest absolute Gasteiger partial charge is 0.374 e. The predicted molar refractivity (Wildman–Crippen MR) is 169 cm³/mol. The van der Waals surface area contributed by atoms with Crippen LogP contribution in [0.3, 0.4) is 0 Å². The fraction of sp³-hybridized carbons (Fsp3) is 0.438. The molecule has 14 nitrogen and oxygen atoms in total. The molecule has 7 heterocycles. The normalized spacial score (nSPS) is 21.9. The maximum atomic E-state index is 14.1. The number of halogens is 2. The van der Waals surface area contributed by atoms with Crippen LogP contribution in [0, 0.1) is 0 Å². The van der Waals surface area contributed by atoms with Crippen molar-refractivity contribution >= 4 is 40.7 Å². The van der Waals surface area contributed by atoms with Gasteiger partial charge in [0.25, 0.3) is 12.3 Å². The van der Waals surface area contributed by atoms with Crippen LogP contribution in [0.25, 0.3) is 5.65 Å². The summed E-state index contributed by atoms with van der Waals surface area (Å²) >= 11 is 0. The van der Waals surface area contributed by atoms with Crippen molar-refractivity contribution < 1.29 is 27.9 Å². The van der Waals surface area contributed by atoms with Crippen LogP contribution in [-0.4, -0.2) is 92.1 Å². The Labute approximate surface area is 273 Å². The lowest BCUT2D eigenvalue weighted by atomic mass is 10.0. The number of morpholine rings is 1. The summed E-state index contributed by atoms with van der Waals surface area (Å²) in [5.41, 5.74) is 1.82. The Kier molecular flexibility index (Phi) is 7.75. The summed E-state index contributed by atoms with van der Waals surface area (Å²) in [5.74, 6) is -0.131. The van der Waals surface area contributed by atoms with Gasteiger partial charge in [0.2, 0.25) is 5.91 Å². The van der Waals surface area contributed by atoms with Crippen molar-refractivity contribution in [2.45, 2.75) is 56.8 Å². The van der Waals surface area contributed by atoms with Crippen molar-refractivity contribution in [1.82, 2.24) is 34.6 Å². The molecule has 4 aliphatic rings. The molecule has 16 heteroatoms. The molecule has 48 heavy (non-hydrogen) atoms. The molecule has 2 bridgehead atoms. The lowest BCUT2D eigenvalue weighted by Gasteiger charge is -2.32. The summed E-state index contributed by atoms with van der Waals surface area (Å²) in [6.07, 6.45) is 4.54. The first-order valence-corrected chi connectivity index (χ1v) is 16.1. The number of piperidine rings is 1. The molecule has 4 aromatic rings. The van der Waals surface area contributed by atoms with Gasteiger partial charge in [0.05, 0.1) is 36.7 Å². The fourth-order valence-electron chi connectivity index (χ4n) is 7.09. The summed E-state index contributed by atoms with van der Waals surface area (Å²) in [7, 11) is 0. The highest BCUT2D eigenvalue weighted by atomic mass is 19.3. The van der Waals surface area contributed by atoms with E-state index in [4.69, 9.17) is 9.72 Å². The number of nitrogens with zero attached hydrogens (tertiary/aromatic N) is 8. The van der Waals surface area contributed by atoms with Gasteiger partial charge in [-0.05, 0) is 43.0 Å². The second-order valence-electron chi connectivity index (χ2n) is 12.7. The third-order valence-corrected chi connectivity index (χ3v) is 9.65. The monoisotopic (exact) mass is 660 g/mol. The summed E-state index contributed by atoms with van der Waals surface area (Å²) in [4.78, 5) is 47.7. The molecule has 4 aliphatic heterocycles. The Balaban J connectivity index is 0.910. The number of imide groups is 1. The molecule has 2 N–H and O–H groups in total. The van der Waals surface area contributed by atoms with Gasteiger partial charge in [0, 0.05) is 57.2 Å². The van der Waals surface area contributed by atoms with Crippen molar-refractivity contribution in [2.24, 2.45) is 0 Å². The van der Waals surface area contributed by atoms with E-state index in [1.54, 1.807) is 15.8 Å². The molecule has 4 saturated heterocycles. The number of benzene rings is 1. The highest BCUT2D eigenvalue weighted by Gasteiger charge is 2.40. The molecule has 0 aliphatic carbocycles. The smallest absolute Gasteiger partial charge is 0.328 e. The number of aromatic nitrogens is 5. The number of carbonyl (C=O) groups excluding carboxylic acids is 3. The molecule has 0 unspecified atom stereocenters. The summed E-state index contributed by atoms with van der Waals surface area (Å²) in [6.45, 7) is 3.88. The van der Waals surface area contributed by atoms with Gasteiger partial charge in [-0.2, -0.15) is 10.2 Å². The number of hydrogen-bond acceptors (Lipinski definition) is 9. The number of carbonyl (C=O) groups is 3. The molecule has 0 spiro atoms. The van der Waals surface area contributed by atoms with E-state index < -0.39 is 24.1 Å². The number of amides is 4. The molecule has 4 fully saturated rings. The first-order chi connectivity index (χ1) is 23.3. The van der Waals surface area contributed by atoms with Crippen LogP contribution in [0.5, 0.6) is 0 Å². The van der Waals surface area contributed by atoms with Crippen LogP contribution < -0.4 is 20.4 Å². The number of fused-ring (bicyclic) bond motifs is 3. The average molecular weight is 661 g/mol. The first kappa shape index (κ1) is 30.4. The predicted octanol–water partition coefficient (Wildman–Crippen LogP) is 3.38. The van der Waals surface area contributed by atoms with Crippen LogP contribution in [0.15, 0.2) is 48.9 Å². The molecule has 4 amide bonds. The molecule has 0 saturated carbocycles. The molecule has 1 aromatic carbocycles. The van der Waals surface area contributed by atoms with Crippen molar-refractivity contribution in [3.63, 3.8) is 0 Å². The number of urea groups is 1. The van der Waals surface area contributed by atoms with E-state index in [9.17, 15) is 23.2 Å². The van der Waals surface area contributed by atoms with Gasteiger partial charge in [0.1, 0.15) is 11.4 Å². The van der Waals surface area contributed by atoms with Gasteiger partial charge in [-0.25, -0.2) is 23.1 Å². The zero-order chi connectivity index (χ0) is 32.9. The topological polar surface area (TPSA) is 142 Å². The molecule has 2 atom stereocenters. The van der Waals surface area contributed by atoms with E-state index in [2.05, 4.69) is 30.6 Å². The van der Waals surface area contributed by atoms with Crippen LogP contribution in [0.1, 0.15) is 59.8 Å². The van der Waals surface area contributed by atoms with Crippen LogP contribution in [0.4, 0.5) is 30.8 Å². The van der Waals surface area contributed by atoms with Crippen LogP contribution in [-0.2, 0) is 16.1 Å². The maximum Gasteiger partial charge on any atom is 0.328 e. The Hall–Kier alpha value is -4.96. The van der Waals surface area contributed by atoms with Gasteiger partial charge in [-0.1, -0.05) is 12.1 Å². The summed E-state index contributed by atoms with van der Waals surface area (Å²) in [6, 6.07) is 9.25. The Morgan fingerprint density at radius 3 is 2.60 bits per heavy atom. The maximum absolute atomic E-state index is 14.1. The zero-order valence-corrected chi connectivity index (χ0v) is 26.0. The second kappa shape index (κ2) is 12.2. The third-order valence-electron chi connectivity index (χ3n) is 9.65. The Bertz CT molecular complexity index is 1870. The second-order valence-corrected chi connectivity index (χ2v) is 12.7.